The number of rotatable bonds is 6. The fourth-order valence-corrected chi connectivity index (χ4v) is 3.90. The van der Waals surface area contributed by atoms with Crippen molar-refractivity contribution >= 4 is 11.8 Å². The van der Waals surface area contributed by atoms with Crippen molar-refractivity contribution in [2.24, 2.45) is 0 Å². The average molecular weight is 524 g/mol. The number of amides is 2. The van der Waals surface area contributed by atoms with Crippen LogP contribution in [0.4, 0.5) is 22.0 Å². The first-order valence-electron chi connectivity index (χ1n) is 11.1. The standard InChI is InChI=1S/C23H21F5N6O3/c24-14-5-6-16(23(26,27)28)15(11-14)22(37)33-9-7-32(8-10-33)20(35)12-29-21(36)18-13-34(31-30-18)19-4-2-1-3-17(19)25/h1-6,11,13,22,37H,7-10,12H2,(H,29,36). The van der Waals surface area contributed by atoms with Crippen molar-refractivity contribution < 1.29 is 36.6 Å². The lowest BCUT2D eigenvalue weighted by molar-refractivity contribution is -0.141. The summed E-state index contributed by atoms with van der Waals surface area (Å²) in [6.07, 6.45) is -5.29. The van der Waals surface area contributed by atoms with Gasteiger partial charge in [-0.1, -0.05) is 17.3 Å². The molecule has 2 heterocycles. The Bertz CT molecular complexity index is 1290. The van der Waals surface area contributed by atoms with Crippen LogP contribution in [0.5, 0.6) is 0 Å². The van der Waals surface area contributed by atoms with Crippen LogP contribution in [0, 0.1) is 11.6 Å². The highest BCUT2D eigenvalue weighted by Gasteiger charge is 2.37. The number of aromatic nitrogens is 3. The summed E-state index contributed by atoms with van der Waals surface area (Å²) in [5.74, 6) is -2.66. The number of benzene rings is 2. The maximum absolute atomic E-state index is 13.9. The molecule has 1 saturated heterocycles. The van der Waals surface area contributed by atoms with Crippen LogP contribution >= 0.6 is 0 Å². The molecule has 0 radical (unpaired) electrons. The van der Waals surface area contributed by atoms with E-state index in [1.165, 1.54) is 34.2 Å². The van der Waals surface area contributed by atoms with Gasteiger partial charge in [0.25, 0.3) is 5.91 Å². The first-order chi connectivity index (χ1) is 17.5. The molecule has 0 saturated carbocycles. The van der Waals surface area contributed by atoms with Gasteiger partial charge in [-0.2, -0.15) is 13.2 Å². The van der Waals surface area contributed by atoms with Crippen molar-refractivity contribution in [2.75, 3.05) is 32.7 Å². The first kappa shape index (κ1) is 26.2. The molecule has 0 spiro atoms. The van der Waals surface area contributed by atoms with Crippen molar-refractivity contribution in [1.82, 2.24) is 30.1 Å². The Labute approximate surface area is 207 Å². The Morgan fingerprint density at radius 2 is 1.76 bits per heavy atom. The van der Waals surface area contributed by atoms with E-state index in [2.05, 4.69) is 15.6 Å². The quantitative estimate of drug-likeness (QED) is 0.479. The van der Waals surface area contributed by atoms with Gasteiger partial charge in [0, 0.05) is 31.7 Å². The highest BCUT2D eigenvalue weighted by Crippen LogP contribution is 2.36. The maximum atomic E-state index is 13.9. The van der Waals surface area contributed by atoms with Gasteiger partial charge in [-0.15, -0.1) is 5.10 Å². The highest BCUT2D eigenvalue weighted by atomic mass is 19.4. The molecule has 1 atom stereocenters. The lowest BCUT2D eigenvalue weighted by atomic mass is 10.0. The van der Waals surface area contributed by atoms with E-state index in [-0.39, 0.29) is 37.6 Å². The summed E-state index contributed by atoms with van der Waals surface area (Å²) in [6.45, 7) is -0.231. The molecule has 1 unspecified atom stereocenters. The number of aliphatic hydroxyl groups is 1. The highest BCUT2D eigenvalue weighted by molar-refractivity contribution is 5.94. The molecule has 14 heteroatoms. The molecule has 2 N–H and O–H groups in total. The van der Waals surface area contributed by atoms with Crippen molar-refractivity contribution in [3.05, 3.63) is 77.1 Å². The van der Waals surface area contributed by atoms with E-state index in [0.717, 1.165) is 4.68 Å². The molecule has 0 bridgehead atoms. The number of carbonyl (C=O) groups excluding carboxylic acids is 2. The molecule has 2 amide bonds. The van der Waals surface area contributed by atoms with Crippen LogP contribution < -0.4 is 5.32 Å². The Kier molecular flexibility index (Phi) is 7.50. The molecule has 1 aliphatic heterocycles. The smallest absolute Gasteiger partial charge is 0.374 e. The summed E-state index contributed by atoms with van der Waals surface area (Å²) >= 11 is 0. The number of nitrogens with one attached hydrogen (secondary N) is 1. The molecule has 37 heavy (non-hydrogen) atoms. The zero-order chi connectivity index (χ0) is 26.7. The van der Waals surface area contributed by atoms with E-state index in [1.807, 2.05) is 0 Å². The summed E-state index contributed by atoms with van der Waals surface area (Å²) in [7, 11) is 0. The second-order valence-corrected chi connectivity index (χ2v) is 8.20. The third-order valence-corrected chi connectivity index (χ3v) is 5.84. The normalized spacial score (nSPS) is 15.5. The lowest BCUT2D eigenvalue weighted by Crippen LogP contribution is -2.52. The number of hydrogen-bond acceptors (Lipinski definition) is 6. The SMILES string of the molecule is O=C(NCC(=O)N1CCN(C(O)c2cc(F)ccc2C(F)(F)F)CC1)c1cn(-c2ccccc2F)nn1. The van der Waals surface area contributed by atoms with Gasteiger partial charge in [-0.05, 0) is 30.3 Å². The van der Waals surface area contributed by atoms with Crippen molar-refractivity contribution in [1.29, 1.82) is 0 Å². The van der Waals surface area contributed by atoms with Crippen LogP contribution in [0.2, 0.25) is 0 Å². The average Bonchev–Trinajstić information content (AvgIpc) is 3.36. The third kappa shape index (κ3) is 5.91. The van der Waals surface area contributed by atoms with E-state index < -0.39 is 53.5 Å². The van der Waals surface area contributed by atoms with Gasteiger partial charge in [-0.3, -0.25) is 14.5 Å². The summed E-state index contributed by atoms with van der Waals surface area (Å²) < 4.78 is 68.4. The van der Waals surface area contributed by atoms with Crippen LogP contribution in [0.3, 0.4) is 0 Å². The molecular weight excluding hydrogens is 503 g/mol. The van der Waals surface area contributed by atoms with E-state index >= 15 is 0 Å². The maximum Gasteiger partial charge on any atom is 0.416 e. The van der Waals surface area contributed by atoms with Crippen LogP contribution in [0.15, 0.2) is 48.7 Å². The number of aliphatic hydroxyl groups excluding tert-OH is 1. The molecule has 0 aliphatic carbocycles. The number of nitrogens with zero attached hydrogens (tertiary/aromatic N) is 5. The Balaban J connectivity index is 1.31. The van der Waals surface area contributed by atoms with Gasteiger partial charge in [0.15, 0.2) is 5.69 Å². The second kappa shape index (κ2) is 10.6. The van der Waals surface area contributed by atoms with Gasteiger partial charge in [-0.25, -0.2) is 13.5 Å². The minimum atomic E-state index is -4.78. The predicted octanol–water partition coefficient (Wildman–Crippen LogP) is 2.13. The van der Waals surface area contributed by atoms with Crippen molar-refractivity contribution in [3.63, 3.8) is 0 Å². The second-order valence-electron chi connectivity index (χ2n) is 8.20. The topological polar surface area (TPSA) is 104 Å². The molecule has 3 aromatic rings. The monoisotopic (exact) mass is 524 g/mol. The van der Waals surface area contributed by atoms with E-state index in [0.29, 0.717) is 18.2 Å². The summed E-state index contributed by atoms with van der Waals surface area (Å²) in [5, 5.41) is 20.3. The van der Waals surface area contributed by atoms with Gasteiger partial charge in [0.2, 0.25) is 5.91 Å². The van der Waals surface area contributed by atoms with Gasteiger partial charge in [0.05, 0.1) is 18.3 Å². The summed E-state index contributed by atoms with van der Waals surface area (Å²) in [5.41, 5.74) is -1.80. The summed E-state index contributed by atoms with van der Waals surface area (Å²) in [6, 6.07) is 7.64. The third-order valence-electron chi connectivity index (χ3n) is 5.84. The zero-order valence-corrected chi connectivity index (χ0v) is 19.1. The molecule has 1 fully saturated rings. The minimum Gasteiger partial charge on any atom is -0.374 e. The molecular formula is C23H21F5N6O3. The van der Waals surface area contributed by atoms with Crippen LogP contribution in [-0.4, -0.2) is 74.4 Å². The van der Waals surface area contributed by atoms with Gasteiger partial charge in [0.1, 0.15) is 23.5 Å². The van der Waals surface area contributed by atoms with Crippen LogP contribution in [0.25, 0.3) is 5.69 Å². The molecule has 1 aromatic heterocycles. The molecule has 196 valence electrons. The largest absolute Gasteiger partial charge is 0.416 e. The predicted molar refractivity (Wildman–Crippen MR) is 118 cm³/mol. The Morgan fingerprint density at radius 1 is 1.05 bits per heavy atom. The zero-order valence-electron chi connectivity index (χ0n) is 19.1. The fraction of sp³-hybridized carbons (Fsp3) is 0.304. The van der Waals surface area contributed by atoms with Gasteiger partial charge >= 0.3 is 6.18 Å². The van der Waals surface area contributed by atoms with Crippen LogP contribution in [0.1, 0.15) is 27.8 Å². The van der Waals surface area contributed by atoms with Crippen molar-refractivity contribution in [3.8, 4) is 5.69 Å². The number of alkyl halides is 3. The van der Waals surface area contributed by atoms with E-state index in [9.17, 15) is 36.6 Å². The number of hydrogen-bond donors (Lipinski definition) is 2. The first-order valence-corrected chi connectivity index (χ1v) is 11.1. The molecule has 2 aromatic carbocycles. The Hall–Kier alpha value is -3.91. The summed E-state index contributed by atoms with van der Waals surface area (Å²) in [4.78, 5) is 27.5. The number of halogens is 5. The number of carbonyl (C=O) groups is 2. The Morgan fingerprint density at radius 3 is 2.43 bits per heavy atom. The van der Waals surface area contributed by atoms with E-state index in [1.54, 1.807) is 6.07 Å². The van der Waals surface area contributed by atoms with E-state index in [4.69, 9.17) is 0 Å². The van der Waals surface area contributed by atoms with Crippen molar-refractivity contribution in [2.45, 2.75) is 12.4 Å². The molecule has 9 nitrogen and oxygen atoms in total. The molecule has 1 aliphatic rings. The minimum absolute atomic E-state index is 0.0195. The number of piperazine rings is 1. The molecule has 4 rings (SSSR count). The van der Waals surface area contributed by atoms with Gasteiger partial charge < -0.3 is 15.3 Å². The fourth-order valence-electron chi connectivity index (χ4n) is 3.90. The van der Waals surface area contributed by atoms with Crippen LogP contribution in [-0.2, 0) is 11.0 Å². The lowest BCUT2D eigenvalue weighted by Gasteiger charge is -2.37. The number of para-hydroxylation sites is 1.